The summed E-state index contributed by atoms with van der Waals surface area (Å²) in [6.45, 7) is 8.51. The van der Waals surface area contributed by atoms with Crippen molar-refractivity contribution in [2.45, 2.75) is 39.8 Å². The molecule has 3 nitrogen and oxygen atoms in total. The predicted molar refractivity (Wildman–Crippen MR) is 86.9 cm³/mol. The average molecular weight is 286 g/mol. The molecule has 2 aromatic rings. The lowest BCUT2D eigenvalue weighted by Gasteiger charge is -2.33. The minimum atomic E-state index is 0.479. The van der Waals surface area contributed by atoms with E-state index >= 15 is 0 Å². The summed E-state index contributed by atoms with van der Waals surface area (Å²) in [5.74, 6) is 2.64. The lowest BCUT2D eigenvalue weighted by atomic mass is 9.86. The van der Waals surface area contributed by atoms with E-state index in [4.69, 9.17) is 10.2 Å². The predicted octanol–water partition coefficient (Wildman–Crippen LogP) is 3.76. The highest BCUT2D eigenvalue weighted by Gasteiger charge is 2.23. The van der Waals surface area contributed by atoms with Crippen molar-refractivity contribution >= 4 is 11.0 Å². The largest absolute Gasteiger partial charge is 0.459 e. The molecule has 1 aromatic heterocycles. The van der Waals surface area contributed by atoms with Gasteiger partial charge in [-0.1, -0.05) is 32.0 Å². The topological polar surface area (TPSA) is 42.4 Å². The van der Waals surface area contributed by atoms with Crippen molar-refractivity contribution in [2.75, 3.05) is 13.1 Å². The van der Waals surface area contributed by atoms with Gasteiger partial charge in [-0.05, 0) is 43.8 Å². The third-order valence-electron chi connectivity index (χ3n) is 4.92. The van der Waals surface area contributed by atoms with Crippen LogP contribution in [0.3, 0.4) is 0 Å². The zero-order valence-electron chi connectivity index (χ0n) is 13.1. The van der Waals surface area contributed by atoms with Crippen molar-refractivity contribution < 1.29 is 4.42 Å². The lowest BCUT2D eigenvalue weighted by Crippen LogP contribution is -2.35. The van der Waals surface area contributed by atoms with Gasteiger partial charge in [-0.3, -0.25) is 4.90 Å². The first-order valence-electron chi connectivity index (χ1n) is 8.10. The maximum Gasteiger partial charge on any atom is 0.134 e. The SMILES string of the molecule is CC(C)C1CCN(Cc2c(CN)oc3ccccc23)CC1. The monoisotopic (exact) mass is 286 g/mol. The van der Waals surface area contributed by atoms with E-state index < -0.39 is 0 Å². The van der Waals surface area contributed by atoms with E-state index in [1.807, 2.05) is 12.1 Å². The van der Waals surface area contributed by atoms with Gasteiger partial charge >= 0.3 is 0 Å². The third kappa shape index (κ3) is 2.99. The van der Waals surface area contributed by atoms with E-state index in [-0.39, 0.29) is 0 Å². The molecule has 0 aliphatic carbocycles. The van der Waals surface area contributed by atoms with E-state index in [2.05, 4.69) is 30.9 Å². The Morgan fingerprint density at radius 1 is 1.24 bits per heavy atom. The van der Waals surface area contributed by atoms with Crippen molar-refractivity contribution in [3.63, 3.8) is 0 Å². The van der Waals surface area contributed by atoms with Crippen LogP contribution < -0.4 is 5.73 Å². The fourth-order valence-corrected chi connectivity index (χ4v) is 3.49. The van der Waals surface area contributed by atoms with Crippen molar-refractivity contribution in [2.24, 2.45) is 17.6 Å². The fourth-order valence-electron chi connectivity index (χ4n) is 3.49. The number of hydrogen-bond donors (Lipinski definition) is 1. The number of nitrogens with zero attached hydrogens (tertiary/aromatic N) is 1. The van der Waals surface area contributed by atoms with Crippen LogP contribution in [0.25, 0.3) is 11.0 Å². The van der Waals surface area contributed by atoms with Gasteiger partial charge in [0.05, 0.1) is 6.54 Å². The summed E-state index contributed by atoms with van der Waals surface area (Å²) < 4.78 is 5.90. The molecule has 1 aliphatic heterocycles. The van der Waals surface area contributed by atoms with Gasteiger partial charge in [0, 0.05) is 17.5 Å². The molecule has 3 heteroatoms. The first-order chi connectivity index (χ1) is 10.2. The molecule has 0 amide bonds. The lowest BCUT2D eigenvalue weighted by molar-refractivity contribution is 0.151. The van der Waals surface area contributed by atoms with Gasteiger partial charge < -0.3 is 10.2 Å². The van der Waals surface area contributed by atoms with Gasteiger partial charge in [-0.15, -0.1) is 0 Å². The van der Waals surface area contributed by atoms with Crippen LogP contribution in [0, 0.1) is 11.8 Å². The molecule has 1 saturated heterocycles. The molecule has 1 aliphatic rings. The Morgan fingerprint density at radius 3 is 2.62 bits per heavy atom. The van der Waals surface area contributed by atoms with Crippen LogP contribution in [0.15, 0.2) is 28.7 Å². The fraction of sp³-hybridized carbons (Fsp3) is 0.556. The van der Waals surface area contributed by atoms with Crippen LogP contribution in [0.2, 0.25) is 0 Å². The molecule has 1 aromatic carbocycles. The van der Waals surface area contributed by atoms with Gasteiger partial charge in [0.1, 0.15) is 11.3 Å². The molecule has 0 saturated carbocycles. The second-order valence-corrected chi connectivity index (χ2v) is 6.56. The van der Waals surface area contributed by atoms with E-state index in [9.17, 15) is 0 Å². The van der Waals surface area contributed by atoms with Crippen molar-refractivity contribution in [3.05, 3.63) is 35.6 Å². The molecule has 2 N–H and O–H groups in total. The van der Waals surface area contributed by atoms with Crippen molar-refractivity contribution in [3.8, 4) is 0 Å². The summed E-state index contributed by atoms with van der Waals surface area (Å²) in [5, 5.41) is 1.23. The van der Waals surface area contributed by atoms with Gasteiger partial charge in [0.15, 0.2) is 0 Å². The van der Waals surface area contributed by atoms with Gasteiger partial charge in [-0.2, -0.15) is 0 Å². The first kappa shape index (κ1) is 14.6. The Kier molecular flexibility index (Phi) is 4.32. The molecule has 21 heavy (non-hydrogen) atoms. The summed E-state index contributed by atoms with van der Waals surface area (Å²) in [6.07, 6.45) is 2.62. The summed E-state index contributed by atoms with van der Waals surface area (Å²) in [5.41, 5.74) is 8.12. The average Bonchev–Trinajstić information content (AvgIpc) is 2.86. The maximum atomic E-state index is 5.90. The Labute approximate surface area is 127 Å². The minimum absolute atomic E-state index is 0.479. The van der Waals surface area contributed by atoms with E-state index in [1.54, 1.807) is 0 Å². The Hall–Kier alpha value is -1.32. The van der Waals surface area contributed by atoms with Crippen LogP contribution in [-0.4, -0.2) is 18.0 Å². The number of likely N-dealkylation sites (tertiary alicyclic amines) is 1. The van der Waals surface area contributed by atoms with Crippen LogP contribution >= 0.6 is 0 Å². The number of fused-ring (bicyclic) bond motifs is 1. The Morgan fingerprint density at radius 2 is 1.95 bits per heavy atom. The van der Waals surface area contributed by atoms with Crippen LogP contribution in [-0.2, 0) is 13.1 Å². The highest BCUT2D eigenvalue weighted by atomic mass is 16.3. The molecule has 2 heterocycles. The molecular weight excluding hydrogens is 260 g/mol. The second kappa shape index (κ2) is 6.20. The Balaban J connectivity index is 1.76. The number of piperidine rings is 1. The number of rotatable bonds is 4. The molecule has 0 spiro atoms. The number of furan rings is 1. The van der Waals surface area contributed by atoms with E-state index in [1.165, 1.54) is 36.9 Å². The number of nitrogens with two attached hydrogens (primary N) is 1. The molecule has 0 radical (unpaired) electrons. The molecule has 0 atom stereocenters. The molecule has 114 valence electrons. The quantitative estimate of drug-likeness (QED) is 0.930. The van der Waals surface area contributed by atoms with Gasteiger partial charge in [0.2, 0.25) is 0 Å². The van der Waals surface area contributed by atoms with Crippen molar-refractivity contribution in [1.82, 2.24) is 4.90 Å². The normalized spacial score (nSPS) is 17.9. The summed E-state index contributed by atoms with van der Waals surface area (Å²) in [6, 6.07) is 8.27. The highest BCUT2D eigenvalue weighted by Crippen LogP contribution is 2.30. The van der Waals surface area contributed by atoms with Crippen LogP contribution in [0.5, 0.6) is 0 Å². The summed E-state index contributed by atoms with van der Waals surface area (Å²) >= 11 is 0. The van der Waals surface area contributed by atoms with Gasteiger partial charge in [0.25, 0.3) is 0 Å². The highest BCUT2D eigenvalue weighted by molar-refractivity contribution is 5.82. The maximum absolute atomic E-state index is 5.90. The number of hydrogen-bond acceptors (Lipinski definition) is 3. The summed E-state index contributed by atoms with van der Waals surface area (Å²) in [7, 11) is 0. The summed E-state index contributed by atoms with van der Waals surface area (Å²) in [4.78, 5) is 2.55. The molecular formula is C18H26N2O. The van der Waals surface area contributed by atoms with Crippen molar-refractivity contribution in [1.29, 1.82) is 0 Å². The third-order valence-corrected chi connectivity index (χ3v) is 4.92. The first-order valence-corrected chi connectivity index (χ1v) is 8.10. The van der Waals surface area contributed by atoms with Gasteiger partial charge in [-0.25, -0.2) is 0 Å². The van der Waals surface area contributed by atoms with E-state index in [0.29, 0.717) is 6.54 Å². The minimum Gasteiger partial charge on any atom is -0.459 e. The molecule has 0 unspecified atom stereocenters. The Bertz CT molecular complexity index is 594. The van der Waals surface area contributed by atoms with Crippen LogP contribution in [0.4, 0.5) is 0 Å². The zero-order chi connectivity index (χ0) is 14.8. The van der Waals surface area contributed by atoms with E-state index in [0.717, 1.165) is 29.7 Å². The molecule has 0 bridgehead atoms. The number of para-hydroxylation sites is 1. The smallest absolute Gasteiger partial charge is 0.134 e. The van der Waals surface area contributed by atoms with Crippen LogP contribution in [0.1, 0.15) is 38.0 Å². The zero-order valence-corrected chi connectivity index (χ0v) is 13.1. The molecule has 3 rings (SSSR count). The molecule has 1 fully saturated rings. The number of benzene rings is 1. The second-order valence-electron chi connectivity index (χ2n) is 6.56. The standard InChI is InChI=1S/C18H26N2O/c1-13(2)14-7-9-20(10-8-14)12-16-15-5-3-4-6-17(15)21-18(16)11-19/h3-6,13-14H,7-12,19H2,1-2H3.